The molecule has 0 saturated heterocycles. The Balaban J connectivity index is 1.97. The van der Waals surface area contributed by atoms with Crippen LogP contribution < -0.4 is 5.32 Å². The maximum absolute atomic E-state index is 12.2. The molecule has 0 radical (unpaired) electrons. The molecule has 0 saturated carbocycles. The van der Waals surface area contributed by atoms with Gasteiger partial charge in [0.2, 0.25) is 5.91 Å². The molecule has 2 rings (SSSR count). The van der Waals surface area contributed by atoms with Crippen molar-refractivity contribution in [2.45, 2.75) is 20.8 Å². The maximum Gasteiger partial charge on any atom is 0.340 e. The number of anilines is 1. The second-order valence-corrected chi connectivity index (χ2v) is 7.67. The lowest BCUT2D eigenvalue weighted by atomic mass is 9.95. The summed E-state index contributed by atoms with van der Waals surface area (Å²) in [6.45, 7) is 4.98. The molecule has 0 aliphatic heterocycles. The van der Waals surface area contributed by atoms with Crippen molar-refractivity contribution in [1.29, 1.82) is 0 Å². The van der Waals surface area contributed by atoms with Crippen molar-refractivity contribution in [3.05, 3.63) is 63.6 Å². The quantitative estimate of drug-likeness (QED) is 0.557. The van der Waals surface area contributed by atoms with E-state index in [0.29, 0.717) is 11.3 Å². The van der Waals surface area contributed by atoms with Crippen molar-refractivity contribution < 1.29 is 19.1 Å². The molecule has 0 aliphatic carbocycles. The first-order chi connectivity index (χ1) is 12.6. The minimum absolute atomic E-state index is 0.0792. The Kier molecular flexibility index (Phi) is 6.63. The lowest BCUT2D eigenvalue weighted by Crippen LogP contribution is -2.27. The highest BCUT2D eigenvalue weighted by Gasteiger charge is 2.21. The SMILES string of the molecule is CC(C)(C)C(=O)Nc1ccc(C(=O)COC(=O)c2cccc(Cl)c2Cl)cc1. The van der Waals surface area contributed by atoms with Gasteiger partial charge in [0.1, 0.15) is 0 Å². The first kappa shape index (κ1) is 20.9. The number of carbonyl (C=O) groups excluding carboxylic acids is 3. The molecule has 0 aromatic heterocycles. The van der Waals surface area contributed by atoms with Gasteiger partial charge in [-0.2, -0.15) is 0 Å². The van der Waals surface area contributed by atoms with Crippen LogP contribution in [0.25, 0.3) is 0 Å². The van der Waals surface area contributed by atoms with Gasteiger partial charge in [-0.15, -0.1) is 0 Å². The third kappa shape index (κ3) is 5.55. The molecular weight excluding hydrogens is 389 g/mol. The number of ketones is 1. The van der Waals surface area contributed by atoms with E-state index in [9.17, 15) is 14.4 Å². The molecule has 0 bridgehead atoms. The molecule has 27 heavy (non-hydrogen) atoms. The molecule has 2 aromatic carbocycles. The summed E-state index contributed by atoms with van der Waals surface area (Å²) in [5.41, 5.74) is 0.504. The molecule has 0 fully saturated rings. The minimum atomic E-state index is -0.732. The predicted molar refractivity (Wildman–Crippen MR) is 106 cm³/mol. The largest absolute Gasteiger partial charge is 0.454 e. The van der Waals surface area contributed by atoms with Crippen LogP contribution in [0.4, 0.5) is 5.69 Å². The number of esters is 1. The summed E-state index contributed by atoms with van der Waals surface area (Å²) in [7, 11) is 0. The highest BCUT2D eigenvalue weighted by atomic mass is 35.5. The van der Waals surface area contributed by atoms with E-state index in [1.165, 1.54) is 6.07 Å². The van der Waals surface area contributed by atoms with Crippen LogP contribution in [-0.2, 0) is 9.53 Å². The van der Waals surface area contributed by atoms with Gasteiger partial charge in [-0.05, 0) is 36.4 Å². The fourth-order valence-electron chi connectivity index (χ4n) is 2.01. The average molecular weight is 408 g/mol. The zero-order chi connectivity index (χ0) is 20.2. The lowest BCUT2D eigenvalue weighted by molar-refractivity contribution is -0.123. The topological polar surface area (TPSA) is 72.5 Å². The molecular formula is C20H19Cl2NO4. The molecule has 1 amide bonds. The summed E-state index contributed by atoms with van der Waals surface area (Å²) in [5, 5.41) is 3.07. The summed E-state index contributed by atoms with van der Waals surface area (Å²) in [4.78, 5) is 36.2. The number of Topliss-reactive ketones (excluding diaryl/α,β-unsaturated/α-hetero) is 1. The van der Waals surface area contributed by atoms with Crippen molar-refractivity contribution in [3.8, 4) is 0 Å². The first-order valence-electron chi connectivity index (χ1n) is 8.15. The van der Waals surface area contributed by atoms with Crippen LogP contribution in [0, 0.1) is 5.41 Å². The van der Waals surface area contributed by atoms with E-state index in [1.54, 1.807) is 57.2 Å². The molecule has 7 heteroatoms. The van der Waals surface area contributed by atoms with Gasteiger partial charge in [0, 0.05) is 16.7 Å². The van der Waals surface area contributed by atoms with Crippen molar-refractivity contribution in [2.24, 2.45) is 5.41 Å². The van der Waals surface area contributed by atoms with Crippen LogP contribution in [0.1, 0.15) is 41.5 Å². The third-order valence-electron chi connectivity index (χ3n) is 3.65. The Morgan fingerprint density at radius 2 is 1.63 bits per heavy atom. The van der Waals surface area contributed by atoms with Gasteiger partial charge in [-0.3, -0.25) is 9.59 Å². The Morgan fingerprint density at radius 3 is 2.22 bits per heavy atom. The van der Waals surface area contributed by atoms with Gasteiger partial charge < -0.3 is 10.1 Å². The van der Waals surface area contributed by atoms with Crippen LogP contribution in [0.2, 0.25) is 10.0 Å². The second-order valence-electron chi connectivity index (χ2n) is 6.88. The Bertz CT molecular complexity index is 871. The van der Waals surface area contributed by atoms with Gasteiger partial charge >= 0.3 is 5.97 Å². The van der Waals surface area contributed by atoms with Crippen LogP contribution >= 0.6 is 23.2 Å². The zero-order valence-corrected chi connectivity index (χ0v) is 16.6. The van der Waals surface area contributed by atoms with Crippen LogP contribution in [-0.4, -0.2) is 24.3 Å². The number of halogens is 2. The number of hydrogen-bond acceptors (Lipinski definition) is 4. The minimum Gasteiger partial charge on any atom is -0.454 e. The van der Waals surface area contributed by atoms with E-state index in [0.717, 1.165) is 0 Å². The molecule has 2 aromatic rings. The number of ether oxygens (including phenoxy) is 1. The second kappa shape index (κ2) is 8.55. The smallest absolute Gasteiger partial charge is 0.340 e. The van der Waals surface area contributed by atoms with E-state index < -0.39 is 18.0 Å². The zero-order valence-electron chi connectivity index (χ0n) is 15.1. The molecule has 0 unspecified atom stereocenters. The third-order valence-corrected chi connectivity index (χ3v) is 4.47. The van der Waals surface area contributed by atoms with Crippen molar-refractivity contribution in [3.63, 3.8) is 0 Å². The number of amides is 1. The standard InChI is InChI=1S/C20H19Cl2NO4/c1-20(2,3)19(26)23-13-9-7-12(8-10-13)16(24)11-27-18(25)14-5-4-6-15(21)17(14)22/h4-10H,11H2,1-3H3,(H,23,26). The summed E-state index contributed by atoms with van der Waals surface area (Å²) < 4.78 is 5.02. The van der Waals surface area contributed by atoms with Crippen LogP contribution in [0.3, 0.4) is 0 Å². The fourth-order valence-corrected chi connectivity index (χ4v) is 2.39. The highest BCUT2D eigenvalue weighted by molar-refractivity contribution is 6.43. The fraction of sp³-hybridized carbons (Fsp3) is 0.250. The van der Waals surface area contributed by atoms with Gasteiger partial charge in [-0.25, -0.2) is 4.79 Å². The van der Waals surface area contributed by atoms with Gasteiger partial charge in [0.25, 0.3) is 0 Å². The molecule has 142 valence electrons. The number of benzene rings is 2. The highest BCUT2D eigenvalue weighted by Crippen LogP contribution is 2.26. The first-order valence-corrected chi connectivity index (χ1v) is 8.91. The van der Waals surface area contributed by atoms with Crippen molar-refractivity contribution >= 4 is 46.5 Å². The summed E-state index contributed by atoms with van der Waals surface area (Å²) in [6.07, 6.45) is 0. The molecule has 0 spiro atoms. The van der Waals surface area contributed by atoms with Crippen molar-refractivity contribution in [2.75, 3.05) is 11.9 Å². The monoisotopic (exact) mass is 407 g/mol. The number of nitrogens with one attached hydrogen (secondary N) is 1. The van der Waals surface area contributed by atoms with Gasteiger partial charge in [0.15, 0.2) is 12.4 Å². The Labute approximate surface area is 167 Å². The average Bonchev–Trinajstić information content (AvgIpc) is 2.61. The van der Waals surface area contributed by atoms with E-state index >= 15 is 0 Å². The molecule has 5 nitrogen and oxygen atoms in total. The number of carbonyl (C=O) groups is 3. The van der Waals surface area contributed by atoms with Crippen LogP contribution in [0.15, 0.2) is 42.5 Å². The van der Waals surface area contributed by atoms with Crippen molar-refractivity contribution in [1.82, 2.24) is 0 Å². The van der Waals surface area contributed by atoms with Gasteiger partial charge in [-0.1, -0.05) is 50.0 Å². The molecule has 1 N–H and O–H groups in total. The predicted octanol–water partition coefficient (Wildman–Crippen LogP) is 5.02. The molecule has 0 heterocycles. The van der Waals surface area contributed by atoms with E-state index in [2.05, 4.69) is 5.32 Å². The van der Waals surface area contributed by atoms with E-state index in [1.807, 2.05) is 0 Å². The normalized spacial score (nSPS) is 11.0. The Morgan fingerprint density at radius 1 is 1.00 bits per heavy atom. The lowest BCUT2D eigenvalue weighted by Gasteiger charge is -2.17. The van der Waals surface area contributed by atoms with Gasteiger partial charge in [0.05, 0.1) is 15.6 Å². The van der Waals surface area contributed by atoms with E-state index in [4.69, 9.17) is 27.9 Å². The van der Waals surface area contributed by atoms with Crippen LogP contribution in [0.5, 0.6) is 0 Å². The molecule has 0 aliphatic rings. The number of rotatable bonds is 5. The summed E-state index contributed by atoms with van der Waals surface area (Å²) >= 11 is 11.8. The summed E-state index contributed by atoms with van der Waals surface area (Å²) in [5.74, 6) is -1.24. The summed E-state index contributed by atoms with van der Waals surface area (Å²) in [6, 6.07) is 10.9. The van der Waals surface area contributed by atoms with E-state index in [-0.39, 0.29) is 27.3 Å². The maximum atomic E-state index is 12.2. The molecule has 0 atom stereocenters. The number of hydrogen-bond donors (Lipinski definition) is 1. The Hall–Kier alpha value is -2.37.